The van der Waals surface area contributed by atoms with Gasteiger partial charge in [0.15, 0.2) is 10.4 Å². The highest BCUT2D eigenvalue weighted by molar-refractivity contribution is 9.10. The van der Waals surface area contributed by atoms with Crippen molar-refractivity contribution in [1.82, 2.24) is 19.3 Å². The van der Waals surface area contributed by atoms with E-state index < -0.39 is 0 Å². The third-order valence-corrected chi connectivity index (χ3v) is 3.92. The number of aryl methyl sites for hydroxylation is 2. The molecule has 2 heterocycles. The lowest BCUT2D eigenvalue weighted by Crippen LogP contribution is -2.03. The Morgan fingerprint density at radius 1 is 1.42 bits per heavy atom. The van der Waals surface area contributed by atoms with Crippen LogP contribution in [0, 0.1) is 17.5 Å². The highest BCUT2D eigenvalue weighted by Crippen LogP contribution is 2.28. The Labute approximate surface area is 122 Å². The number of hydrogen-bond acceptors (Lipinski definition) is 2. The van der Waals surface area contributed by atoms with E-state index >= 15 is 0 Å². The van der Waals surface area contributed by atoms with Crippen LogP contribution in [0.1, 0.15) is 5.69 Å². The molecule has 0 fully saturated rings. The summed E-state index contributed by atoms with van der Waals surface area (Å²) < 4.78 is 18.6. The van der Waals surface area contributed by atoms with Gasteiger partial charge in [0.05, 0.1) is 11.4 Å². The molecule has 2 aromatic heterocycles. The largest absolute Gasteiger partial charge is 0.327 e. The van der Waals surface area contributed by atoms with Crippen LogP contribution in [-0.4, -0.2) is 19.3 Å². The molecule has 0 aliphatic rings. The van der Waals surface area contributed by atoms with Crippen molar-refractivity contribution in [3.63, 3.8) is 0 Å². The van der Waals surface area contributed by atoms with Crippen LogP contribution in [0.15, 0.2) is 22.7 Å². The Morgan fingerprint density at radius 3 is 2.84 bits per heavy atom. The smallest absolute Gasteiger partial charge is 0.184 e. The van der Waals surface area contributed by atoms with Crippen LogP contribution < -0.4 is 0 Å². The van der Waals surface area contributed by atoms with Crippen molar-refractivity contribution in [2.45, 2.75) is 6.92 Å². The molecule has 98 valence electrons. The summed E-state index contributed by atoms with van der Waals surface area (Å²) in [7, 11) is 1.81. The molecule has 0 spiro atoms. The van der Waals surface area contributed by atoms with Crippen LogP contribution >= 0.6 is 28.1 Å². The Balaban J connectivity index is 2.50. The number of nitrogens with one attached hydrogen (secondary N) is 1. The molecule has 0 saturated heterocycles. The van der Waals surface area contributed by atoms with Gasteiger partial charge in [0.25, 0.3) is 0 Å². The Bertz CT molecular complexity index is 825. The fourth-order valence-corrected chi connectivity index (χ4v) is 3.02. The average molecular weight is 341 g/mol. The van der Waals surface area contributed by atoms with Gasteiger partial charge in [-0.15, -0.1) is 0 Å². The number of aromatic nitrogens is 4. The second kappa shape index (κ2) is 4.28. The molecular weight excluding hydrogens is 331 g/mol. The van der Waals surface area contributed by atoms with E-state index in [-0.39, 0.29) is 5.82 Å². The molecule has 0 saturated carbocycles. The Hall–Kier alpha value is -1.47. The predicted octanol–water partition coefficient (Wildman–Crippen LogP) is 3.63. The normalized spacial score (nSPS) is 11.4. The summed E-state index contributed by atoms with van der Waals surface area (Å²) >= 11 is 8.68. The zero-order valence-electron chi connectivity index (χ0n) is 10.2. The van der Waals surface area contributed by atoms with Crippen molar-refractivity contribution in [2.75, 3.05) is 0 Å². The molecule has 0 radical (unpaired) electrons. The van der Waals surface area contributed by atoms with Gasteiger partial charge in [-0.25, -0.2) is 9.07 Å². The molecule has 0 unspecified atom stereocenters. The first-order chi connectivity index (χ1) is 9.00. The van der Waals surface area contributed by atoms with Gasteiger partial charge in [-0.05, 0) is 47.2 Å². The third kappa shape index (κ3) is 1.76. The maximum atomic E-state index is 14.1. The van der Waals surface area contributed by atoms with Crippen molar-refractivity contribution in [3.05, 3.63) is 39.0 Å². The van der Waals surface area contributed by atoms with Gasteiger partial charge in [0.2, 0.25) is 0 Å². The van der Waals surface area contributed by atoms with Crippen LogP contribution in [0.25, 0.3) is 16.9 Å². The minimum absolute atomic E-state index is 0.342. The fraction of sp³-hybridized carbons (Fsp3) is 0.167. The second-order valence-electron chi connectivity index (χ2n) is 4.24. The van der Waals surface area contributed by atoms with E-state index in [9.17, 15) is 4.39 Å². The van der Waals surface area contributed by atoms with Crippen molar-refractivity contribution >= 4 is 39.3 Å². The lowest BCUT2D eigenvalue weighted by atomic mass is 10.3. The van der Waals surface area contributed by atoms with E-state index in [0.717, 1.165) is 16.9 Å². The van der Waals surface area contributed by atoms with Crippen molar-refractivity contribution in [2.24, 2.45) is 7.05 Å². The molecule has 4 nitrogen and oxygen atoms in total. The van der Waals surface area contributed by atoms with Crippen molar-refractivity contribution in [3.8, 4) is 5.69 Å². The molecule has 0 atom stereocenters. The first-order valence-corrected chi connectivity index (χ1v) is 6.79. The number of rotatable bonds is 1. The summed E-state index contributed by atoms with van der Waals surface area (Å²) in [6.45, 7) is 1.88. The summed E-state index contributed by atoms with van der Waals surface area (Å²) in [5.74, 6) is -0.342. The van der Waals surface area contributed by atoms with E-state index in [2.05, 4.69) is 26.0 Å². The summed E-state index contributed by atoms with van der Waals surface area (Å²) in [6, 6.07) is 4.83. The van der Waals surface area contributed by atoms with Gasteiger partial charge < -0.3 is 4.98 Å². The van der Waals surface area contributed by atoms with Gasteiger partial charge in [-0.3, -0.25) is 4.57 Å². The van der Waals surface area contributed by atoms with Gasteiger partial charge in [0, 0.05) is 11.5 Å². The van der Waals surface area contributed by atoms with Crippen molar-refractivity contribution in [1.29, 1.82) is 0 Å². The minimum Gasteiger partial charge on any atom is -0.327 e. The van der Waals surface area contributed by atoms with Gasteiger partial charge >= 0.3 is 0 Å². The predicted molar refractivity (Wildman–Crippen MR) is 77.6 cm³/mol. The number of imidazole rings is 1. The zero-order valence-corrected chi connectivity index (χ0v) is 12.6. The summed E-state index contributed by atoms with van der Waals surface area (Å²) in [4.78, 5) is 3.08. The van der Waals surface area contributed by atoms with Crippen molar-refractivity contribution < 1.29 is 4.39 Å². The van der Waals surface area contributed by atoms with E-state index in [1.807, 2.05) is 14.0 Å². The van der Waals surface area contributed by atoms with Crippen LogP contribution in [0.5, 0.6) is 0 Å². The molecule has 3 rings (SSSR count). The molecule has 1 aromatic carbocycles. The van der Waals surface area contributed by atoms with Crippen LogP contribution in [0.4, 0.5) is 4.39 Å². The summed E-state index contributed by atoms with van der Waals surface area (Å²) in [6.07, 6.45) is 0. The second-order valence-corrected chi connectivity index (χ2v) is 5.48. The van der Waals surface area contributed by atoms with Crippen LogP contribution in [0.3, 0.4) is 0 Å². The first kappa shape index (κ1) is 12.6. The number of halogens is 2. The molecule has 1 N–H and O–H groups in total. The highest BCUT2D eigenvalue weighted by atomic mass is 79.9. The fourth-order valence-electron chi connectivity index (χ4n) is 2.22. The van der Waals surface area contributed by atoms with Gasteiger partial charge in [0.1, 0.15) is 11.3 Å². The van der Waals surface area contributed by atoms with Crippen LogP contribution in [-0.2, 0) is 7.05 Å². The maximum absolute atomic E-state index is 14.1. The monoisotopic (exact) mass is 340 g/mol. The van der Waals surface area contributed by atoms with Gasteiger partial charge in [-0.2, -0.15) is 5.10 Å². The van der Waals surface area contributed by atoms with E-state index in [4.69, 9.17) is 12.2 Å². The average Bonchev–Trinajstić information content (AvgIpc) is 2.79. The Kier molecular flexibility index (Phi) is 2.83. The Morgan fingerprint density at radius 2 is 2.16 bits per heavy atom. The molecule has 0 bridgehead atoms. The molecule has 0 amide bonds. The quantitative estimate of drug-likeness (QED) is 0.687. The minimum atomic E-state index is -0.342. The van der Waals surface area contributed by atoms with Crippen LogP contribution in [0.2, 0.25) is 0 Å². The number of hydrogen-bond donors (Lipinski definition) is 1. The lowest BCUT2D eigenvalue weighted by molar-refractivity contribution is 0.615. The first-order valence-electron chi connectivity index (χ1n) is 5.59. The number of nitrogens with zero attached hydrogens (tertiary/aromatic N) is 3. The maximum Gasteiger partial charge on any atom is 0.184 e. The lowest BCUT2D eigenvalue weighted by Gasteiger charge is -2.08. The molecule has 0 aliphatic heterocycles. The highest BCUT2D eigenvalue weighted by Gasteiger charge is 2.18. The van der Waals surface area contributed by atoms with E-state index in [1.54, 1.807) is 21.4 Å². The molecule has 19 heavy (non-hydrogen) atoms. The van der Waals surface area contributed by atoms with E-state index in [0.29, 0.717) is 14.9 Å². The van der Waals surface area contributed by atoms with Gasteiger partial charge in [-0.1, -0.05) is 6.07 Å². The standard InChI is InChI=1S/C12H10BrFN4S/c1-6-9-11(17(2)16-6)18(12(19)15-9)10-7(13)4-3-5-8(10)14/h3-5H,1-2H3,(H,15,19). The number of aromatic amines is 1. The number of benzene rings is 1. The number of fused-ring (bicyclic) bond motifs is 1. The summed E-state index contributed by atoms with van der Waals surface area (Å²) in [5.41, 5.74) is 2.78. The molecule has 0 aliphatic carbocycles. The van der Waals surface area contributed by atoms with E-state index in [1.165, 1.54) is 6.07 Å². The molecular formula is C12H10BrFN4S. The summed E-state index contributed by atoms with van der Waals surface area (Å²) in [5, 5.41) is 4.32. The topological polar surface area (TPSA) is 38.5 Å². The molecule has 7 heteroatoms. The molecule has 3 aromatic rings. The number of para-hydroxylation sites is 1. The third-order valence-electron chi connectivity index (χ3n) is 3.00. The number of H-pyrrole nitrogens is 1. The zero-order chi connectivity index (χ0) is 13.7. The SMILES string of the molecule is Cc1nn(C)c2c1[nH]c(=S)n2-c1c(F)cccc1Br.